The molecule has 1 N–H and O–H groups in total. The molecule has 2 aliphatic rings. The zero-order valence-corrected chi connectivity index (χ0v) is 14.4. The average molecular weight is 310 g/mol. The summed E-state index contributed by atoms with van der Waals surface area (Å²) in [5, 5.41) is 8.66. The molecule has 1 fully saturated rings. The summed E-state index contributed by atoms with van der Waals surface area (Å²) in [4.78, 5) is 2.48. The van der Waals surface area contributed by atoms with Crippen molar-refractivity contribution in [1.82, 2.24) is 14.7 Å². The Morgan fingerprint density at radius 1 is 1.22 bits per heavy atom. The SMILES string of the molecule is Cc1cccc(-n2nc(C3CCCCN3C)c3c2NCC3)c1C. The molecular weight excluding hydrogens is 284 g/mol. The van der Waals surface area contributed by atoms with Crippen LogP contribution < -0.4 is 5.32 Å². The number of fused-ring (bicyclic) bond motifs is 1. The first-order chi connectivity index (χ1) is 11.2. The number of aryl methyl sites for hydroxylation is 1. The Morgan fingerprint density at radius 3 is 2.91 bits per heavy atom. The number of hydrogen-bond acceptors (Lipinski definition) is 3. The van der Waals surface area contributed by atoms with Crippen LogP contribution in [0.1, 0.15) is 47.7 Å². The molecule has 4 nitrogen and oxygen atoms in total. The fourth-order valence-electron chi connectivity index (χ4n) is 4.03. The van der Waals surface area contributed by atoms with E-state index in [1.54, 1.807) is 0 Å². The predicted octanol–water partition coefficient (Wildman–Crippen LogP) is 3.61. The van der Waals surface area contributed by atoms with Crippen molar-refractivity contribution in [2.24, 2.45) is 0 Å². The zero-order chi connectivity index (χ0) is 16.0. The van der Waals surface area contributed by atoms with Gasteiger partial charge in [-0.25, -0.2) is 4.68 Å². The van der Waals surface area contributed by atoms with Crippen LogP contribution in [0.4, 0.5) is 5.82 Å². The first-order valence-electron chi connectivity index (χ1n) is 8.79. The van der Waals surface area contributed by atoms with Gasteiger partial charge in [0.2, 0.25) is 0 Å². The monoisotopic (exact) mass is 310 g/mol. The molecule has 0 aliphatic carbocycles. The van der Waals surface area contributed by atoms with E-state index in [0.29, 0.717) is 6.04 Å². The second-order valence-corrected chi connectivity index (χ2v) is 7.01. The van der Waals surface area contributed by atoms with Gasteiger partial charge >= 0.3 is 0 Å². The Kier molecular flexibility index (Phi) is 3.64. The Hall–Kier alpha value is -1.81. The summed E-state index contributed by atoms with van der Waals surface area (Å²) in [6.45, 7) is 6.58. The van der Waals surface area contributed by atoms with Crippen LogP contribution in [-0.4, -0.2) is 34.8 Å². The summed E-state index contributed by atoms with van der Waals surface area (Å²) in [6, 6.07) is 6.96. The molecule has 1 atom stereocenters. The highest BCUT2D eigenvalue weighted by atomic mass is 15.4. The summed E-state index contributed by atoms with van der Waals surface area (Å²) in [7, 11) is 2.25. The molecule has 1 unspecified atom stereocenters. The van der Waals surface area contributed by atoms with Crippen molar-refractivity contribution in [3.05, 3.63) is 40.6 Å². The van der Waals surface area contributed by atoms with Crippen molar-refractivity contribution in [3.63, 3.8) is 0 Å². The van der Waals surface area contributed by atoms with E-state index >= 15 is 0 Å². The van der Waals surface area contributed by atoms with Crippen LogP contribution in [0.2, 0.25) is 0 Å². The highest BCUT2D eigenvalue weighted by Gasteiger charge is 2.31. The molecule has 1 aromatic carbocycles. The first-order valence-corrected chi connectivity index (χ1v) is 8.79. The maximum atomic E-state index is 5.09. The van der Waals surface area contributed by atoms with Gasteiger partial charge in [-0.2, -0.15) is 5.10 Å². The smallest absolute Gasteiger partial charge is 0.133 e. The lowest BCUT2D eigenvalue weighted by Gasteiger charge is -2.31. The number of aromatic nitrogens is 2. The third-order valence-corrected chi connectivity index (χ3v) is 5.57. The number of likely N-dealkylation sites (tertiary alicyclic amines) is 1. The molecule has 0 spiro atoms. The molecule has 2 aromatic rings. The van der Waals surface area contributed by atoms with Gasteiger partial charge in [-0.05, 0) is 63.9 Å². The lowest BCUT2D eigenvalue weighted by atomic mass is 9.97. The number of anilines is 1. The minimum Gasteiger partial charge on any atom is -0.369 e. The fraction of sp³-hybridized carbons (Fsp3) is 0.526. The van der Waals surface area contributed by atoms with Crippen LogP contribution in [0.15, 0.2) is 18.2 Å². The molecule has 3 heterocycles. The molecule has 4 rings (SSSR count). The van der Waals surface area contributed by atoms with Crippen LogP contribution in [-0.2, 0) is 6.42 Å². The second-order valence-electron chi connectivity index (χ2n) is 7.01. The van der Waals surface area contributed by atoms with Gasteiger partial charge in [0, 0.05) is 12.1 Å². The van der Waals surface area contributed by atoms with Gasteiger partial charge in [-0.3, -0.25) is 4.90 Å². The van der Waals surface area contributed by atoms with E-state index in [2.05, 4.69) is 54.0 Å². The number of nitrogens with one attached hydrogen (secondary N) is 1. The fourth-order valence-corrected chi connectivity index (χ4v) is 4.03. The molecule has 0 radical (unpaired) electrons. The molecule has 2 aliphatic heterocycles. The van der Waals surface area contributed by atoms with Crippen LogP contribution in [0, 0.1) is 13.8 Å². The summed E-state index contributed by atoms with van der Waals surface area (Å²) in [6.07, 6.45) is 4.95. The van der Waals surface area contributed by atoms with Crippen molar-refractivity contribution in [3.8, 4) is 5.69 Å². The van der Waals surface area contributed by atoms with Gasteiger partial charge in [-0.15, -0.1) is 0 Å². The minimum atomic E-state index is 0.476. The van der Waals surface area contributed by atoms with Crippen molar-refractivity contribution >= 4 is 5.82 Å². The van der Waals surface area contributed by atoms with E-state index < -0.39 is 0 Å². The Labute approximate surface area is 138 Å². The van der Waals surface area contributed by atoms with Gasteiger partial charge in [0.15, 0.2) is 0 Å². The predicted molar refractivity (Wildman–Crippen MR) is 94.5 cm³/mol. The van der Waals surface area contributed by atoms with Gasteiger partial charge in [0.25, 0.3) is 0 Å². The van der Waals surface area contributed by atoms with E-state index in [-0.39, 0.29) is 0 Å². The third-order valence-electron chi connectivity index (χ3n) is 5.57. The van der Waals surface area contributed by atoms with Crippen molar-refractivity contribution in [1.29, 1.82) is 0 Å². The van der Waals surface area contributed by atoms with Gasteiger partial charge in [0.05, 0.1) is 17.4 Å². The number of benzene rings is 1. The Bertz CT molecular complexity index is 731. The molecule has 122 valence electrons. The van der Waals surface area contributed by atoms with E-state index in [1.807, 2.05) is 0 Å². The maximum absolute atomic E-state index is 5.09. The maximum Gasteiger partial charge on any atom is 0.133 e. The number of nitrogens with zero attached hydrogens (tertiary/aromatic N) is 3. The Balaban J connectivity index is 1.83. The molecule has 1 saturated heterocycles. The van der Waals surface area contributed by atoms with Crippen LogP contribution in [0.3, 0.4) is 0 Å². The molecule has 0 saturated carbocycles. The average Bonchev–Trinajstić information content (AvgIpc) is 3.13. The number of rotatable bonds is 2. The van der Waals surface area contributed by atoms with Gasteiger partial charge in [0.1, 0.15) is 5.82 Å². The largest absolute Gasteiger partial charge is 0.369 e. The van der Waals surface area contributed by atoms with E-state index in [4.69, 9.17) is 5.10 Å². The van der Waals surface area contributed by atoms with Gasteiger partial charge in [-0.1, -0.05) is 18.6 Å². The Morgan fingerprint density at radius 2 is 2.09 bits per heavy atom. The summed E-state index contributed by atoms with van der Waals surface area (Å²) >= 11 is 0. The zero-order valence-electron chi connectivity index (χ0n) is 14.4. The normalized spacial score (nSPS) is 21.3. The molecule has 1 aromatic heterocycles. The summed E-state index contributed by atoms with van der Waals surface area (Å²) in [5.41, 5.74) is 6.58. The van der Waals surface area contributed by atoms with Crippen LogP contribution in [0.5, 0.6) is 0 Å². The van der Waals surface area contributed by atoms with E-state index in [0.717, 1.165) is 13.0 Å². The van der Waals surface area contributed by atoms with Crippen LogP contribution in [0.25, 0.3) is 5.69 Å². The van der Waals surface area contributed by atoms with Crippen LogP contribution >= 0.6 is 0 Å². The summed E-state index contributed by atoms with van der Waals surface area (Å²) in [5.74, 6) is 1.22. The molecule has 23 heavy (non-hydrogen) atoms. The molecule has 0 amide bonds. The minimum absolute atomic E-state index is 0.476. The number of hydrogen-bond donors (Lipinski definition) is 1. The van der Waals surface area contributed by atoms with Gasteiger partial charge < -0.3 is 5.32 Å². The van der Waals surface area contributed by atoms with Crippen molar-refractivity contribution < 1.29 is 0 Å². The van der Waals surface area contributed by atoms with E-state index in [1.165, 1.54) is 59.7 Å². The molecular formula is C19H26N4. The van der Waals surface area contributed by atoms with E-state index in [9.17, 15) is 0 Å². The quantitative estimate of drug-likeness (QED) is 0.920. The molecule has 0 bridgehead atoms. The molecule has 4 heteroatoms. The second kappa shape index (κ2) is 5.68. The standard InChI is InChI=1S/C19H26N4/c1-13-7-6-9-16(14(13)2)23-19-15(10-11-20-19)18(21-23)17-8-4-5-12-22(17)3/h6-7,9,17,20H,4-5,8,10-12H2,1-3H3. The summed E-state index contributed by atoms with van der Waals surface area (Å²) < 4.78 is 2.16. The van der Waals surface area contributed by atoms with Crippen molar-refractivity contribution in [2.45, 2.75) is 45.6 Å². The highest BCUT2D eigenvalue weighted by Crippen LogP contribution is 2.37. The number of piperidine rings is 1. The third kappa shape index (κ3) is 2.36. The first kappa shape index (κ1) is 14.8. The lowest BCUT2D eigenvalue weighted by Crippen LogP contribution is -2.30. The van der Waals surface area contributed by atoms with Crippen molar-refractivity contribution in [2.75, 3.05) is 25.5 Å². The topological polar surface area (TPSA) is 33.1 Å². The lowest BCUT2D eigenvalue weighted by molar-refractivity contribution is 0.182. The highest BCUT2D eigenvalue weighted by molar-refractivity contribution is 5.59.